The minimum atomic E-state index is -4.23. The molecule has 8 heterocycles. The molecule has 0 saturated carbocycles. The summed E-state index contributed by atoms with van der Waals surface area (Å²) < 4.78 is 65.4. The van der Waals surface area contributed by atoms with E-state index in [1.54, 1.807) is 46.9 Å². The second-order valence-electron chi connectivity index (χ2n) is 21.5. The first-order chi connectivity index (χ1) is 34.4. The van der Waals surface area contributed by atoms with Crippen LogP contribution in [-0.2, 0) is 71.0 Å². The van der Waals surface area contributed by atoms with Crippen molar-refractivity contribution in [3.8, 4) is 6.07 Å². The van der Waals surface area contributed by atoms with E-state index in [-0.39, 0.29) is 53.3 Å². The van der Waals surface area contributed by atoms with Crippen molar-refractivity contribution in [2.45, 2.75) is 151 Å². The normalized spacial score (nSPS) is 29.5. The topological polar surface area (TPSA) is 230 Å². The summed E-state index contributed by atoms with van der Waals surface area (Å²) in [5.74, 6) is 0.698. The van der Waals surface area contributed by atoms with Crippen molar-refractivity contribution in [3.05, 3.63) is 66.6 Å². The molecule has 0 radical (unpaired) electrons. The van der Waals surface area contributed by atoms with E-state index in [0.29, 0.717) is 11.2 Å². The molecule has 3 fully saturated rings. The van der Waals surface area contributed by atoms with Crippen molar-refractivity contribution in [1.29, 1.82) is 5.26 Å². The van der Waals surface area contributed by atoms with Crippen molar-refractivity contribution in [2.24, 2.45) is 0 Å². The summed E-state index contributed by atoms with van der Waals surface area (Å²) in [6, 6.07) is 10.9. The number of ether oxygens (including phenoxy) is 2. The molecule has 10 atom stereocenters. The number of hydrogen-bond donors (Lipinski definition) is 2. The Bertz CT molecular complexity index is 2990. The Morgan fingerprint density at radius 3 is 2.26 bits per heavy atom. The minimum absolute atomic E-state index is 0.0224. The average molecular weight is 1130 g/mol. The molecule has 2 N–H and O–H groups in total. The number of hydrogen-bond acceptors (Lipinski definition) is 19. The van der Waals surface area contributed by atoms with E-state index < -0.39 is 85.1 Å². The lowest BCUT2D eigenvalue weighted by Gasteiger charge is -2.41. The van der Waals surface area contributed by atoms with Gasteiger partial charge in [0.05, 0.1) is 44.0 Å². The molecule has 0 spiro atoms. The second kappa shape index (κ2) is 21.1. The Hall–Kier alpha value is -2.97. The zero-order valence-electron chi connectivity index (χ0n) is 42.5. The quantitative estimate of drug-likeness (QED) is 0.0543. The average Bonchev–Trinajstić information content (AvgIpc) is 4.05. The van der Waals surface area contributed by atoms with Crippen molar-refractivity contribution >= 4 is 99.4 Å². The highest BCUT2D eigenvalue weighted by atomic mass is 32.5. The summed E-state index contributed by atoms with van der Waals surface area (Å²) in [5.41, 5.74) is 2.72. The van der Waals surface area contributed by atoms with Gasteiger partial charge in [-0.25, -0.2) is 24.9 Å². The third kappa shape index (κ3) is 11.4. The molecule has 27 heteroatoms. The van der Waals surface area contributed by atoms with Crippen LogP contribution in [0, 0.1) is 11.3 Å². The molecule has 2 unspecified atom stereocenters. The highest BCUT2D eigenvalue weighted by Gasteiger charge is 2.57. The van der Waals surface area contributed by atoms with Gasteiger partial charge in [0.2, 0.25) is 0 Å². The van der Waals surface area contributed by atoms with E-state index >= 15 is 0 Å². The molecule has 9 rings (SSSR count). The highest BCUT2D eigenvalue weighted by Crippen LogP contribution is 2.58. The number of fused-ring (bicyclic) bond motifs is 4. The standard InChI is InChI=1S/C46H63N9O11P2S3Si2/c1-45(2,3)72(7,8)65-35-31-23-59-67(57,69)63-34-30(61-44(37(34)66-73(9,10)46(4,5)6)54-22-29-18-14-21-71-42-32(29)39(54)49-26-51-42)24-60-68(70,58-20-15-19-47)64-36(35)43(62-31)55-27-52-33-38(48-25-50-40(33)55)53-41(56)28-16-12-11-13-17-28/h11-13,16-17,22,25-27,30-31,34-37,43-44H,14-15,18,20-21,23-24H2,1-10H3,(H,57,69)(H,48,50,53,56)/t30-,31-,34-,35-,36-,37-,43-,44-,67?,68?/m1/s1. The van der Waals surface area contributed by atoms with Crippen LogP contribution >= 0.6 is 25.2 Å². The van der Waals surface area contributed by atoms with Crippen LogP contribution < -0.4 is 5.32 Å². The maximum absolute atomic E-state index is 13.4. The van der Waals surface area contributed by atoms with Gasteiger partial charge in [-0.2, -0.15) is 5.26 Å². The van der Waals surface area contributed by atoms with E-state index in [1.807, 2.05) is 16.8 Å². The van der Waals surface area contributed by atoms with E-state index in [1.165, 1.54) is 12.7 Å². The van der Waals surface area contributed by atoms with E-state index in [2.05, 4.69) is 99.1 Å². The lowest BCUT2D eigenvalue weighted by Crippen LogP contribution is -2.50. The first kappa shape index (κ1) is 54.8. The molecule has 394 valence electrons. The SMILES string of the molecule is CC(C)(C)[Si](C)(C)O[C@@H]1[C@@H]2OP(O)(=S)OC[C@H]3O[C@@H](n4cnc5c(NC(=O)c6ccccc6)ncnc54)[C@H](OP(=S)(OCCC#N)OC[C@H]2O[C@H]1n1cc2c4c(ncnc41)SCCC2)[C@@H]3O[Si](C)(C)C(C)(C)C. The second-order valence-corrected chi connectivity index (χ2v) is 37.8. The van der Waals surface area contributed by atoms with Gasteiger partial charge in [-0.15, -0.1) is 11.8 Å². The van der Waals surface area contributed by atoms with Crippen molar-refractivity contribution in [1.82, 2.24) is 34.1 Å². The summed E-state index contributed by atoms with van der Waals surface area (Å²) >= 11 is 14.0. The molecule has 1 amide bonds. The molecule has 20 nitrogen and oxygen atoms in total. The summed E-state index contributed by atoms with van der Waals surface area (Å²) in [6.07, 6.45) is 0.167. The van der Waals surface area contributed by atoms with Crippen molar-refractivity contribution < 1.29 is 50.6 Å². The third-order valence-corrected chi connectivity index (χ3v) is 28.4. The van der Waals surface area contributed by atoms with Gasteiger partial charge in [-0.05, 0) is 96.2 Å². The lowest BCUT2D eigenvalue weighted by atomic mass is 10.1. The first-order valence-electron chi connectivity index (χ1n) is 24.2. The lowest BCUT2D eigenvalue weighted by molar-refractivity contribution is -0.0619. The van der Waals surface area contributed by atoms with Gasteiger partial charge in [0.1, 0.15) is 60.0 Å². The Morgan fingerprint density at radius 1 is 0.877 bits per heavy atom. The van der Waals surface area contributed by atoms with Gasteiger partial charge in [-0.1, -0.05) is 59.7 Å². The molecule has 4 aliphatic heterocycles. The fourth-order valence-corrected chi connectivity index (χ4v) is 15.7. The molecule has 4 aliphatic rings. The number of aromatic nitrogens is 7. The number of amides is 1. The summed E-state index contributed by atoms with van der Waals surface area (Å²) in [5, 5.41) is 13.9. The summed E-state index contributed by atoms with van der Waals surface area (Å²) in [7, 11) is -5.39. The fourth-order valence-electron chi connectivity index (χ4n) is 8.59. The number of aryl methyl sites for hydroxylation is 1. The van der Waals surface area contributed by atoms with E-state index in [9.17, 15) is 14.9 Å². The van der Waals surface area contributed by atoms with Gasteiger partial charge in [0.15, 0.2) is 46.1 Å². The Balaban J connectivity index is 1.14. The van der Waals surface area contributed by atoms with Crippen molar-refractivity contribution in [2.75, 3.05) is 30.9 Å². The molecular weight excluding hydrogens is 1070 g/mol. The van der Waals surface area contributed by atoms with Crippen LogP contribution in [0.3, 0.4) is 0 Å². The van der Waals surface area contributed by atoms with Gasteiger partial charge in [0.25, 0.3) is 5.91 Å². The molecule has 73 heavy (non-hydrogen) atoms. The number of thioether (sulfide) groups is 1. The fraction of sp³-hybridized carbons (Fsp3) is 0.587. The van der Waals surface area contributed by atoms with Gasteiger partial charge in [-0.3, -0.25) is 18.4 Å². The van der Waals surface area contributed by atoms with Gasteiger partial charge >= 0.3 is 13.4 Å². The van der Waals surface area contributed by atoms with Crippen LogP contribution in [0.1, 0.15) is 82.8 Å². The Morgan fingerprint density at radius 2 is 1.55 bits per heavy atom. The van der Waals surface area contributed by atoms with Crippen LogP contribution in [0.5, 0.6) is 0 Å². The van der Waals surface area contributed by atoms with Gasteiger partial charge in [0, 0.05) is 11.8 Å². The smallest absolute Gasteiger partial charge is 0.327 e. The molecule has 3 saturated heterocycles. The molecule has 0 aliphatic carbocycles. The predicted molar refractivity (Wildman–Crippen MR) is 287 cm³/mol. The van der Waals surface area contributed by atoms with Gasteiger partial charge < -0.3 is 46.7 Å². The van der Waals surface area contributed by atoms with Crippen molar-refractivity contribution in [3.63, 3.8) is 0 Å². The van der Waals surface area contributed by atoms with Crippen LogP contribution in [0.2, 0.25) is 36.3 Å². The van der Waals surface area contributed by atoms with Crippen LogP contribution in [-0.4, -0.2) is 124 Å². The van der Waals surface area contributed by atoms with Crippen LogP contribution in [0.15, 0.2) is 60.5 Å². The molecule has 4 aromatic heterocycles. The summed E-state index contributed by atoms with van der Waals surface area (Å²) in [6.45, 7) is 12.2. The number of rotatable bonds is 11. The number of nitriles is 1. The van der Waals surface area contributed by atoms with Crippen LogP contribution in [0.4, 0.5) is 5.82 Å². The maximum atomic E-state index is 13.4. The first-order valence-corrected chi connectivity index (χ1v) is 36.1. The number of carbonyl (C=O) groups excluding carboxylic acids is 1. The molecule has 5 aromatic rings. The maximum Gasteiger partial charge on any atom is 0.327 e. The Labute approximate surface area is 441 Å². The zero-order chi connectivity index (χ0) is 52.3. The van der Waals surface area contributed by atoms with E-state index in [4.69, 9.17) is 69.5 Å². The number of carbonyl (C=O) groups is 1. The van der Waals surface area contributed by atoms with E-state index in [0.717, 1.165) is 34.6 Å². The largest absolute Gasteiger partial charge is 0.408 e. The number of imidazole rings is 1. The molecular formula is C46H63N9O11P2S3Si2. The Kier molecular flexibility index (Phi) is 15.8. The number of nitrogens with one attached hydrogen (secondary N) is 1. The number of anilines is 1. The summed E-state index contributed by atoms with van der Waals surface area (Å²) in [4.78, 5) is 48.8. The zero-order valence-corrected chi connectivity index (χ0v) is 48.7. The monoisotopic (exact) mass is 1130 g/mol. The highest BCUT2D eigenvalue weighted by molar-refractivity contribution is 8.07. The number of nitrogens with zero attached hydrogens (tertiary/aromatic N) is 8. The molecule has 1 aromatic carbocycles. The molecule has 2 bridgehead atoms. The van der Waals surface area contributed by atoms with Crippen LogP contribution in [0.25, 0.3) is 22.2 Å². The predicted octanol–water partition coefficient (Wildman–Crippen LogP) is 9.33. The minimum Gasteiger partial charge on any atom is -0.408 e. The third-order valence-electron chi connectivity index (χ3n) is 14.5. The number of benzene rings is 1.